The Kier molecular flexibility index (Phi) is 18.5. The number of hydrogen-bond acceptors (Lipinski definition) is 11. The van der Waals surface area contributed by atoms with E-state index in [4.69, 9.17) is 37.9 Å². The second kappa shape index (κ2) is 19.1. The molecule has 0 aromatic rings. The average Bonchev–Trinajstić information content (AvgIpc) is 2.86. The molecule has 0 saturated carbocycles. The summed E-state index contributed by atoms with van der Waals surface area (Å²) in [7, 11) is 11.8. The molecule has 13 nitrogen and oxygen atoms in total. The van der Waals surface area contributed by atoms with Crippen molar-refractivity contribution >= 4 is 6.03 Å². The van der Waals surface area contributed by atoms with E-state index in [0.717, 1.165) is 0 Å². The molecule has 0 rings (SSSR count). The van der Waals surface area contributed by atoms with E-state index < -0.39 is 54.9 Å². The van der Waals surface area contributed by atoms with Gasteiger partial charge in [0.05, 0.1) is 13.2 Å². The van der Waals surface area contributed by atoms with Gasteiger partial charge in [-0.05, 0) is 0 Å². The van der Waals surface area contributed by atoms with Crippen molar-refractivity contribution in [2.75, 3.05) is 83.2 Å². The van der Waals surface area contributed by atoms with Crippen LogP contribution in [-0.2, 0) is 37.9 Å². The molecule has 0 aliphatic carbocycles. The third-order valence-electron chi connectivity index (χ3n) is 5.70. The van der Waals surface area contributed by atoms with Crippen molar-refractivity contribution in [3.05, 3.63) is 0 Å². The van der Waals surface area contributed by atoms with Gasteiger partial charge in [-0.3, -0.25) is 0 Å². The molecule has 8 atom stereocenters. The summed E-state index contributed by atoms with van der Waals surface area (Å²) in [6.45, 7) is -0.377. The zero-order valence-corrected chi connectivity index (χ0v) is 21.5. The maximum absolute atomic E-state index is 12.5. The van der Waals surface area contributed by atoms with Crippen molar-refractivity contribution in [1.29, 1.82) is 0 Å². The van der Waals surface area contributed by atoms with Gasteiger partial charge in [0, 0.05) is 70.0 Å². The van der Waals surface area contributed by atoms with Crippen molar-refractivity contribution in [3.8, 4) is 0 Å². The van der Waals surface area contributed by atoms with Crippen LogP contribution in [0.15, 0.2) is 0 Å². The first-order valence-electron chi connectivity index (χ1n) is 10.8. The molecule has 0 aromatic heterocycles. The van der Waals surface area contributed by atoms with Crippen LogP contribution in [0, 0.1) is 0 Å². The number of carbonyl (C=O) groups excluding carboxylic acids is 1. The number of ether oxygens (including phenoxy) is 8. The van der Waals surface area contributed by atoms with Crippen LogP contribution in [0.5, 0.6) is 0 Å². The fraction of sp³-hybridized carbons (Fsp3) is 0.952. The molecule has 0 saturated heterocycles. The highest BCUT2D eigenvalue weighted by atomic mass is 16.6. The predicted octanol–water partition coefficient (Wildman–Crippen LogP) is -1.61. The Morgan fingerprint density at radius 3 is 1.00 bits per heavy atom. The minimum Gasteiger partial charge on any atom is -0.394 e. The van der Waals surface area contributed by atoms with E-state index in [2.05, 4.69) is 10.6 Å². The van der Waals surface area contributed by atoms with Gasteiger partial charge >= 0.3 is 6.03 Å². The Morgan fingerprint density at radius 2 is 0.794 bits per heavy atom. The average molecular weight is 501 g/mol. The zero-order chi connectivity index (χ0) is 26.1. The van der Waals surface area contributed by atoms with E-state index in [9.17, 15) is 15.0 Å². The number of aliphatic hydroxyl groups is 2. The van der Waals surface area contributed by atoms with Gasteiger partial charge < -0.3 is 58.7 Å². The molecular formula is C21H44N2O11. The van der Waals surface area contributed by atoms with Crippen LogP contribution in [-0.4, -0.2) is 148 Å². The van der Waals surface area contributed by atoms with Gasteiger partial charge in [0.1, 0.15) is 48.8 Å². The molecule has 0 heterocycles. The van der Waals surface area contributed by atoms with Gasteiger partial charge in [0.2, 0.25) is 0 Å². The number of rotatable bonds is 20. The summed E-state index contributed by atoms with van der Waals surface area (Å²) >= 11 is 0. The molecule has 0 spiro atoms. The molecular weight excluding hydrogens is 456 g/mol. The summed E-state index contributed by atoms with van der Waals surface area (Å²) in [4.78, 5) is 12.5. The Hall–Kier alpha value is -1.13. The number of hydrogen-bond donors (Lipinski definition) is 4. The molecule has 0 fully saturated rings. The fourth-order valence-electron chi connectivity index (χ4n) is 3.73. The molecule has 204 valence electrons. The number of nitrogens with one attached hydrogen (secondary N) is 2. The quantitative estimate of drug-likeness (QED) is 0.153. The van der Waals surface area contributed by atoms with E-state index in [-0.39, 0.29) is 26.3 Å². The summed E-state index contributed by atoms with van der Waals surface area (Å²) in [6, 6.07) is -0.479. The fourth-order valence-corrected chi connectivity index (χ4v) is 3.73. The Balaban J connectivity index is 5.09. The minimum atomic E-state index is -0.640. The van der Waals surface area contributed by atoms with Crippen molar-refractivity contribution in [1.82, 2.24) is 10.6 Å². The summed E-state index contributed by atoms with van der Waals surface area (Å²) in [6.07, 6.45) is -5.02. The summed E-state index contributed by atoms with van der Waals surface area (Å²) < 4.78 is 43.4. The lowest BCUT2D eigenvalue weighted by molar-refractivity contribution is -0.155. The Labute approximate surface area is 202 Å². The molecule has 2 amide bonds. The second-order valence-corrected chi connectivity index (χ2v) is 7.35. The van der Waals surface area contributed by atoms with E-state index in [1.807, 2.05) is 0 Å². The van der Waals surface area contributed by atoms with Gasteiger partial charge in [-0.2, -0.15) is 0 Å². The molecule has 0 aliphatic rings. The standard InChI is InChI=1S/C21H44N2O11/c1-27-13(17(31-5)19(33-7)15(11-24)29-3)9-22-21(26)23-10-14(28-2)18(32-6)20(34-8)16(12-25)30-4/h13-20,24-25H,9-12H2,1-8H3,(H2,22,23,26)/t13-,14-,15+,16+,17+,18+,19+,20+/m0/s1. The van der Waals surface area contributed by atoms with Crippen molar-refractivity contribution < 1.29 is 52.9 Å². The maximum Gasteiger partial charge on any atom is 0.314 e. The van der Waals surface area contributed by atoms with Crippen LogP contribution in [0.3, 0.4) is 0 Å². The van der Waals surface area contributed by atoms with Crippen molar-refractivity contribution in [2.45, 2.75) is 48.8 Å². The lowest BCUT2D eigenvalue weighted by atomic mass is 10.0. The molecule has 34 heavy (non-hydrogen) atoms. The number of amides is 2. The van der Waals surface area contributed by atoms with Crippen LogP contribution in [0.25, 0.3) is 0 Å². The molecule has 0 aliphatic heterocycles. The summed E-state index contributed by atoms with van der Waals surface area (Å²) in [5.41, 5.74) is 0. The summed E-state index contributed by atoms with van der Waals surface area (Å²) in [5, 5.41) is 24.5. The van der Waals surface area contributed by atoms with Crippen molar-refractivity contribution in [2.24, 2.45) is 0 Å². The number of aliphatic hydroxyl groups excluding tert-OH is 2. The first-order valence-corrected chi connectivity index (χ1v) is 10.8. The molecule has 0 radical (unpaired) electrons. The minimum absolute atomic E-state index is 0.0882. The van der Waals surface area contributed by atoms with E-state index >= 15 is 0 Å². The van der Waals surface area contributed by atoms with Crippen LogP contribution in [0.2, 0.25) is 0 Å². The molecule has 0 unspecified atom stereocenters. The third-order valence-corrected chi connectivity index (χ3v) is 5.70. The highest BCUT2D eigenvalue weighted by molar-refractivity contribution is 5.73. The molecule has 0 bridgehead atoms. The second-order valence-electron chi connectivity index (χ2n) is 7.35. The Bertz CT molecular complexity index is 467. The monoisotopic (exact) mass is 500 g/mol. The van der Waals surface area contributed by atoms with Crippen molar-refractivity contribution in [3.63, 3.8) is 0 Å². The summed E-state index contributed by atoms with van der Waals surface area (Å²) in [5.74, 6) is 0. The van der Waals surface area contributed by atoms with Crippen LogP contribution < -0.4 is 10.6 Å². The van der Waals surface area contributed by atoms with E-state index in [1.54, 1.807) is 0 Å². The number of methoxy groups -OCH3 is 8. The topological polar surface area (TPSA) is 155 Å². The third kappa shape index (κ3) is 9.85. The normalized spacial score (nSPS) is 18.9. The van der Waals surface area contributed by atoms with Crippen LogP contribution in [0.1, 0.15) is 0 Å². The highest BCUT2D eigenvalue weighted by Crippen LogP contribution is 2.17. The van der Waals surface area contributed by atoms with Gasteiger partial charge in [0.15, 0.2) is 0 Å². The predicted molar refractivity (Wildman–Crippen MR) is 122 cm³/mol. The Morgan fingerprint density at radius 1 is 0.529 bits per heavy atom. The van der Waals surface area contributed by atoms with Gasteiger partial charge in [-0.1, -0.05) is 0 Å². The highest BCUT2D eigenvalue weighted by Gasteiger charge is 2.37. The zero-order valence-electron chi connectivity index (χ0n) is 21.5. The number of urea groups is 1. The van der Waals surface area contributed by atoms with Gasteiger partial charge in [0.25, 0.3) is 0 Å². The lowest BCUT2D eigenvalue weighted by Crippen LogP contribution is -2.55. The molecule has 0 aromatic carbocycles. The molecule has 4 N–H and O–H groups in total. The SMILES string of the molecule is CO[C@@H]([C@H](OC)[C@@H](CO)OC)[C@H](CNC(=O)NC[C@H](OC)[C@@H](OC)[C@H](OC)[C@@H](CO)OC)OC. The molecule has 13 heteroatoms. The largest absolute Gasteiger partial charge is 0.394 e. The van der Waals surface area contributed by atoms with Gasteiger partial charge in [-0.15, -0.1) is 0 Å². The van der Waals surface area contributed by atoms with E-state index in [0.29, 0.717) is 0 Å². The first kappa shape index (κ1) is 32.9. The van der Waals surface area contributed by atoms with E-state index in [1.165, 1.54) is 56.9 Å². The lowest BCUT2D eigenvalue weighted by Gasteiger charge is -2.35. The maximum atomic E-state index is 12.5. The first-order chi connectivity index (χ1) is 16.4. The van der Waals surface area contributed by atoms with Crippen LogP contribution in [0.4, 0.5) is 4.79 Å². The van der Waals surface area contributed by atoms with Crippen LogP contribution >= 0.6 is 0 Å². The van der Waals surface area contributed by atoms with Gasteiger partial charge in [-0.25, -0.2) is 4.79 Å². The number of carbonyl (C=O) groups is 1. The smallest absolute Gasteiger partial charge is 0.314 e.